The highest BCUT2D eigenvalue weighted by Gasteiger charge is 2.51. The molecule has 2 bridgehead atoms. The van der Waals surface area contributed by atoms with Crippen LogP contribution in [0.4, 0.5) is 0 Å². The van der Waals surface area contributed by atoms with Crippen LogP contribution in [0.25, 0.3) is 0 Å². The molecule has 0 radical (unpaired) electrons. The summed E-state index contributed by atoms with van der Waals surface area (Å²) in [6, 6.07) is 0.0278. The van der Waals surface area contributed by atoms with E-state index in [-0.39, 0.29) is 11.8 Å². The maximum Gasteiger partial charge on any atom is 0.249 e. The summed E-state index contributed by atoms with van der Waals surface area (Å²) in [7, 11) is 0. The third-order valence-corrected chi connectivity index (χ3v) is 4.08. The van der Waals surface area contributed by atoms with Crippen molar-refractivity contribution in [1.82, 2.24) is 0 Å². The van der Waals surface area contributed by atoms with E-state index >= 15 is 0 Å². The number of carbonyl (C=O) groups is 1. The van der Waals surface area contributed by atoms with Crippen LogP contribution in [0.2, 0.25) is 0 Å². The minimum atomic E-state index is -1.83. The van der Waals surface area contributed by atoms with Gasteiger partial charge in [-0.05, 0) is 31.6 Å². The van der Waals surface area contributed by atoms with Crippen molar-refractivity contribution in [3.05, 3.63) is 12.2 Å². The summed E-state index contributed by atoms with van der Waals surface area (Å²) in [5.74, 6) is 0.0586. The van der Waals surface area contributed by atoms with Crippen LogP contribution < -0.4 is 5.73 Å². The van der Waals surface area contributed by atoms with Gasteiger partial charge in [-0.1, -0.05) is 47.0 Å². The fourth-order valence-corrected chi connectivity index (χ4v) is 3.62. The molecule has 0 aliphatic heterocycles. The molecular formula is C11H14Cl3NO. The second-order valence-corrected chi connectivity index (χ2v) is 7.18. The molecule has 2 aliphatic carbocycles. The number of carbonyl (C=O) groups excluding carboxylic acids is 1. The number of fused-ring (bicyclic) bond motifs is 2. The van der Waals surface area contributed by atoms with Crippen molar-refractivity contribution in [2.75, 3.05) is 0 Å². The van der Waals surface area contributed by atoms with Gasteiger partial charge in [-0.15, -0.1) is 0 Å². The smallest absolute Gasteiger partial charge is 0.249 e. The highest BCUT2D eigenvalue weighted by Crippen LogP contribution is 2.50. The van der Waals surface area contributed by atoms with E-state index in [9.17, 15) is 4.79 Å². The molecule has 90 valence electrons. The predicted octanol–water partition coefficient (Wildman–Crippen LogP) is 3.00. The summed E-state index contributed by atoms with van der Waals surface area (Å²) in [6.07, 6.45) is 7.11. The van der Waals surface area contributed by atoms with Crippen molar-refractivity contribution in [1.29, 1.82) is 0 Å². The molecule has 0 heterocycles. The summed E-state index contributed by atoms with van der Waals surface area (Å²) in [4.78, 5) is 12.2. The highest BCUT2D eigenvalue weighted by atomic mass is 35.6. The molecule has 1 saturated carbocycles. The summed E-state index contributed by atoms with van der Waals surface area (Å²) in [6.45, 7) is 0. The monoisotopic (exact) mass is 281 g/mol. The van der Waals surface area contributed by atoms with Gasteiger partial charge in [-0.2, -0.15) is 0 Å². The number of Topliss-reactive ketones (excluding diaryl/α,β-unsaturated/α-hetero) is 1. The van der Waals surface area contributed by atoms with Gasteiger partial charge in [0.1, 0.15) is 0 Å². The van der Waals surface area contributed by atoms with Gasteiger partial charge in [0.05, 0.1) is 0 Å². The van der Waals surface area contributed by atoms with E-state index < -0.39 is 9.21 Å². The molecule has 16 heavy (non-hydrogen) atoms. The maximum absolute atomic E-state index is 12.2. The Kier molecular flexibility index (Phi) is 3.30. The third kappa shape index (κ3) is 2.26. The van der Waals surface area contributed by atoms with Crippen LogP contribution >= 0.6 is 34.8 Å². The van der Waals surface area contributed by atoms with E-state index in [0.717, 1.165) is 12.8 Å². The Balaban J connectivity index is 2.30. The Morgan fingerprint density at radius 3 is 2.69 bits per heavy atom. The SMILES string of the molecule is NC1CC2C=CCC(C(=O)C(Cl)(Cl)Cl)(C1)C2. The molecule has 2 aliphatic rings. The lowest BCUT2D eigenvalue weighted by molar-refractivity contribution is -0.131. The van der Waals surface area contributed by atoms with Crippen molar-refractivity contribution in [2.45, 2.75) is 35.5 Å². The molecule has 0 spiro atoms. The first-order valence-electron chi connectivity index (χ1n) is 5.37. The van der Waals surface area contributed by atoms with Crippen LogP contribution in [0.15, 0.2) is 12.2 Å². The van der Waals surface area contributed by atoms with Crippen molar-refractivity contribution in [2.24, 2.45) is 17.1 Å². The molecule has 0 aromatic rings. The van der Waals surface area contributed by atoms with Crippen LogP contribution in [0, 0.1) is 11.3 Å². The normalized spacial score (nSPS) is 38.5. The Bertz CT molecular complexity index is 337. The van der Waals surface area contributed by atoms with E-state index in [1.165, 1.54) is 0 Å². The van der Waals surface area contributed by atoms with E-state index in [1.807, 2.05) is 6.08 Å². The maximum atomic E-state index is 12.2. The quantitative estimate of drug-likeness (QED) is 0.593. The van der Waals surface area contributed by atoms with Crippen LogP contribution in [0.3, 0.4) is 0 Å². The molecule has 3 unspecified atom stereocenters. The molecule has 3 atom stereocenters. The predicted molar refractivity (Wildman–Crippen MR) is 66.8 cm³/mol. The van der Waals surface area contributed by atoms with Gasteiger partial charge < -0.3 is 5.73 Å². The molecule has 0 amide bonds. The number of nitrogens with two attached hydrogens (primary N) is 1. The lowest BCUT2D eigenvalue weighted by Gasteiger charge is -2.44. The second-order valence-electron chi connectivity index (χ2n) is 4.90. The van der Waals surface area contributed by atoms with Crippen LogP contribution in [0.1, 0.15) is 25.7 Å². The Morgan fingerprint density at radius 2 is 2.06 bits per heavy atom. The Hall–Kier alpha value is 0.240. The van der Waals surface area contributed by atoms with Gasteiger partial charge >= 0.3 is 0 Å². The van der Waals surface area contributed by atoms with Crippen LogP contribution in [0.5, 0.6) is 0 Å². The number of alkyl halides is 3. The molecule has 2 rings (SSSR count). The van der Waals surface area contributed by atoms with Gasteiger partial charge in [-0.25, -0.2) is 0 Å². The summed E-state index contributed by atoms with van der Waals surface area (Å²) >= 11 is 17.2. The molecular weight excluding hydrogens is 268 g/mol. The van der Waals surface area contributed by atoms with E-state index in [4.69, 9.17) is 40.5 Å². The zero-order chi connectivity index (χ0) is 12.0. The number of hydrogen-bond donors (Lipinski definition) is 1. The first-order chi connectivity index (χ1) is 7.33. The number of allylic oxidation sites excluding steroid dienone is 2. The first-order valence-corrected chi connectivity index (χ1v) is 6.51. The lowest BCUT2D eigenvalue weighted by Crippen LogP contribution is -2.49. The van der Waals surface area contributed by atoms with Crippen molar-refractivity contribution >= 4 is 40.6 Å². The minimum absolute atomic E-state index is 0.0278. The third-order valence-electron chi connectivity index (χ3n) is 3.57. The lowest BCUT2D eigenvalue weighted by atomic mass is 9.61. The van der Waals surface area contributed by atoms with Gasteiger partial charge in [0, 0.05) is 11.5 Å². The summed E-state index contributed by atoms with van der Waals surface area (Å²) in [5.41, 5.74) is 5.42. The Labute approximate surface area is 110 Å². The molecule has 2 nitrogen and oxygen atoms in total. The fraction of sp³-hybridized carbons (Fsp3) is 0.727. The molecule has 5 heteroatoms. The highest BCUT2D eigenvalue weighted by molar-refractivity contribution is 6.76. The van der Waals surface area contributed by atoms with Gasteiger partial charge in [0.2, 0.25) is 3.79 Å². The molecule has 2 N–H and O–H groups in total. The zero-order valence-electron chi connectivity index (χ0n) is 8.76. The second kappa shape index (κ2) is 4.16. The zero-order valence-corrected chi connectivity index (χ0v) is 11.0. The van der Waals surface area contributed by atoms with E-state index in [0.29, 0.717) is 18.8 Å². The van der Waals surface area contributed by atoms with Crippen LogP contribution in [-0.4, -0.2) is 15.6 Å². The number of ketones is 1. The number of rotatable bonds is 1. The molecule has 0 aromatic heterocycles. The van der Waals surface area contributed by atoms with Gasteiger partial charge in [0.15, 0.2) is 5.78 Å². The van der Waals surface area contributed by atoms with Crippen molar-refractivity contribution in [3.63, 3.8) is 0 Å². The fourth-order valence-electron chi connectivity index (χ4n) is 3.02. The van der Waals surface area contributed by atoms with Crippen molar-refractivity contribution in [3.8, 4) is 0 Å². The van der Waals surface area contributed by atoms with Crippen molar-refractivity contribution < 1.29 is 4.79 Å². The molecule has 1 fully saturated rings. The average molecular weight is 283 g/mol. The van der Waals surface area contributed by atoms with E-state index in [1.54, 1.807) is 0 Å². The summed E-state index contributed by atoms with van der Waals surface area (Å²) in [5, 5.41) is 0. The van der Waals surface area contributed by atoms with E-state index in [2.05, 4.69) is 6.08 Å². The standard InChI is InChI=1S/C11H14Cl3NO/c12-11(13,14)9(16)10-3-1-2-7(5-10)4-8(15)6-10/h1-2,7-8H,3-6,15H2. The Morgan fingerprint density at radius 1 is 1.38 bits per heavy atom. The van der Waals surface area contributed by atoms with Gasteiger partial charge in [0.25, 0.3) is 0 Å². The average Bonchev–Trinajstić information content (AvgIpc) is 2.14. The summed E-state index contributed by atoms with van der Waals surface area (Å²) < 4.78 is -1.83. The molecule has 0 saturated heterocycles. The number of hydrogen-bond acceptors (Lipinski definition) is 2. The minimum Gasteiger partial charge on any atom is -0.328 e. The topological polar surface area (TPSA) is 43.1 Å². The molecule has 0 aromatic carbocycles. The largest absolute Gasteiger partial charge is 0.328 e. The van der Waals surface area contributed by atoms with Crippen LogP contribution in [-0.2, 0) is 4.79 Å². The first kappa shape index (κ1) is 12.7. The van der Waals surface area contributed by atoms with Gasteiger partial charge in [-0.3, -0.25) is 4.79 Å². The number of halogens is 3.